The molecule has 2 aromatic carbocycles. The van der Waals surface area contributed by atoms with Gasteiger partial charge in [-0.2, -0.15) is 0 Å². The SMILES string of the molecule is [2H]c1c([2H])c([2H])c(Nc2c([2H])c([2H])c([2H])c(C([2H])([2H])[2H])c2[2H])c([2H])c1[2H]. The number of nitrogens with one attached hydrogen (secondary N) is 1. The fourth-order valence-corrected chi connectivity index (χ4v) is 0.844. The highest BCUT2D eigenvalue weighted by Gasteiger charge is 1.92. The van der Waals surface area contributed by atoms with Gasteiger partial charge in [-0.1, -0.05) is 30.2 Å². The van der Waals surface area contributed by atoms with Gasteiger partial charge >= 0.3 is 0 Å². The summed E-state index contributed by atoms with van der Waals surface area (Å²) in [4.78, 5) is 0. The highest BCUT2D eigenvalue weighted by molar-refractivity contribution is 5.59. The molecule has 0 saturated carbocycles. The predicted molar refractivity (Wildman–Crippen MR) is 60.9 cm³/mol. The van der Waals surface area contributed by atoms with Crippen molar-refractivity contribution in [1.82, 2.24) is 0 Å². The second kappa shape index (κ2) is 3.97. The van der Waals surface area contributed by atoms with Crippen LogP contribution >= 0.6 is 0 Å². The number of benzene rings is 2. The third kappa shape index (κ3) is 2.13. The van der Waals surface area contributed by atoms with E-state index < -0.39 is 78.2 Å². The first-order valence-corrected chi connectivity index (χ1v) is 3.75. The van der Waals surface area contributed by atoms with Gasteiger partial charge in [0.2, 0.25) is 0 Å². The largest absolute Gasteiger partial charge is 0.356 e. The molecule has 0 unspecified atom stereocenters. The molecule has 0 spiro atoms. The van der Waals surface area contributed by atoms with Crippen LogP contribution < -0.4 is 5.32 Å². The first-order chi connectivity index (χ1) is 11.8. The van der Waals surface area contributed by atoms with E-state index in [1.165, 1.54) is 0 Å². The van der Waals surface area contributed by atoms with E-state index >= 15 is 0 Å². The molecule has 0 saturated heterocycles. The van der Waals surface area contributed by atoms with E-state index in [0.717, 1.165) is 0 Å². The van der Waals surface area contributed by atoms with Crippen LogP contribution in [-0.4, -0.2) is 0 Å². The second-order valence-corrected chi connectivity index (χ2v) is 2.38. The van der Waals surface area contributed by atoms with Crippen LogP contribution in [0.5, 0.6) is 0 Å². The summed E-state index contributed by atoms with van der Waals surface area (Å²) in [6.07, 6.45) is 0. The highest BCUT2D eigenvalue weighted by Crippen LogP contribution is 2.16. The van der Waals surface area contributed by atoms with Crippen LogP contribution in [0.4, 0.5) is 11.4 Å². The minimum Gasteiger partial charge on any atom is -0.356 e. The molecular formula is C13H13N. The van der Waals surface area contributed by atoms with Crippen LogP contribution in [0.25, 0.3) is 0 Å². The van der Waals surface area contributed by atoms with Crippen molar-refractivity contribution in [1.29, 1.82) is 0 Å². The van der Waals surface area contributed by atoms with Crippen LogP contribution in [0.15, 0.2) is 54.4 Å². The Bertz CT molecular complexity index is 873. The van der Waals surface area contributed by atoms with Gasteiger partial charge in [0.1, 0.15) is 0 Å². The Morgan fingerprint density at radius 2 is 1.79 bits per heavy atom. The molecule has 0 radical (unpaired) electrons. The van der Waals surface area contributed by atoms with E-state index in [0.29, 0.717) is 0 Å². The lowest BCUT2D eigenvalue weighted by molar-refractivity contribution is 1.45. The summed E-state index contributed by atoms with van der Waals surface area (Å²) < 4.78 is 92.2. The molecular weight excluding hydrogens is 170 g/mol. The lowest BCUT2D eigenvalue weighted by Gasteiger charge is -2.06. The Kier molecular flexibility index (Phi) is 0.688. The van der Waals surface area contributed by atoms with Crippen molar-refractivity contribution in [3.05, 3.63) is 59.9 Å². The van der Waals surface area contributed by atoms with E-state index in [2.05, 4.69) is 5.32 Å². The van der Waals surface area contributed by atoms with Gasteiger partial charge in [-0.25, -0.2) is 0 Å². The summed E-state index contributed by atoms with van der Waals surface area (Å²) in [5.74, 6) is 0. The van der Waals surface area contributed by atoms with Crippen molar-refractivity contribution in [2.75, 3.05) is 5.32 Å². The molecule has 0 aromatic heterocycles. The van der Waals surface area contributed by atoms with E-state index in [9.17, 15) is 0 Å². The molecule has 70 valence electrons. The van der Waals surface area contributed by atoms with Gasteiger partial charge in [0.15, 0.2) is 0 Å². The topological polar surface area (TPSA) is 12.0 Å². The minimum atomic E-state index is -2.89. The Labute approximate surface area is 101 Å². The van der Waals surface area contributed by atoms with Crippen LogP contribution in [0.2, 0.25) is 0 Å². The molecule has 0 aliphatic heterocycles. The maximum atomic E-state index is 8.02. The van der Waals surface area contributed by atoms with Crippen LogP contribution in [0, 0.1) is 6.85 Å². The summed E-state index contributed by atoms with van der Waals surface area (Å²) >= 11 is 0. The Morgan fingerprint density at radius 1 is 1.00 bits per heavy atom. The summed E-state index contributed by atoms with van der Waals surface area (Å²) in [7, 11) is 0. The fraction of sp³-hybridized carbons (Fsp3) is 0.0769. The van der Waals surface area contributed by atoms with Gasteiger partial charge in [0.25, 0.3) is 0 Å². The maximum absolute atomic E-state index is 8.02. The molecule has 0 bridgehead atoms. The zero-order chi connectivity index (χ0) is 20.1. The number of hydrogen-bond donors (Lipinski definition) is 1. The Balaban J connectivity index is 2.79. The number of anilines is 2. The first kappa shape index (κ1) is 2.43. The van der Waals surface area contributed by atoms with Crippen molar-refractivity contribution in [2.24, 2.45) is 0 Å². The van der Waals surface area contributed by atoms with Crippen molar-refractivity contribution >= 4 is 11.4 Å². The van der Waals surface area contributed by atoms with Crippen molar-refractivity contribution in [3.63, 3.8) is 0 Å². The Morgan fingerprint density at radius 3 is 2.57 bits per heavy atom. The minimum absolute atomic E-state index is 0.452. The van der Waals surface area contributed by atoms with Crippen molar-refractivity contribution in [2.45, 2.75) is 6.85 Å². The standard InChI is InChI=1S/C13H13N/c1-11-6-5-9-13(10-11)14-12-7-3-2-4-8-12/h2-10,14H,1H3/i1D3,2D,3D,4D,5D,6D,7D,8D,9D,10D. The first-order valence-electron chi connectivity index (χ1n) is 9.75. The quantitative estimate of drug-likeness (QED) is 0.769. The average Bonchev–Trinajstić information content (AvgIpc) is 2.54. The fourth-order valence-electron chi connectivity index (χ4n) is 0.844. The van der Waals surface area contributed by atoms with Gasteiger partial charge in [-0.3, -0.25) is 0 Å². The molecule has 1 N–H and O–H groups in total. The van der Waals surface area contributed by atoms with Crippen LogP contribution in [0.3, 0.4) is 0 Å². The molecule has 0 aliphatic rings. The molecule has 2 rings (SSSR count). The highest BCUT2D eigenvalue weighted by atomic mass is 14.9. The predicted octanol–water partition coefficient (Wildman–Crippen LogP) is 3.74. The third-order valence-electron chi connectivity index (χ3n) is 1.38. The van der Waals surface area contributed by atoms with Gasteiger partial charge in [-0.05, 0) is 36.6 Å². The number of para-hydroxylation sites is 1. The molecule has 0 atom stereocenters. The lowest BCUT2D eigenvalue weighted by atomic mass is 10.2. The Hall–Kier alpha value is -1.76. The van der Waals surface area contributed by atoms with Gasteiger partial charge in [0, 0.05) is 15.5 Å². The number of hydrogen-bond acceptors (Lipinski definition) is 1. The summed E-state index contributed by atoms with van der Waals surface area (Å²) in [6.45, 7) is -2.89. The molecule has 0 heterocycles. The van der Waals surface area contributed by atoms with E-state index in [1.807, 2.05) is 0 Å². The monoisotopic (exact) mass is 195 g/mol. The third-order valence-corrected chi connectivity index (χ3v) is 1.38. The zero-order valence-electron chi connectivity index (χ0n) is 19.0. The van der Waals surface area contributed by atoms with Gasteiger partial charge in [0.05, 0.1) is 12.3 Å². The second-order valence-electron chi connectivity index (χ2n) is 2.38. The van der Waals surface area contributed by atoms with Crippen LogP contribution in [-0.2, 0) is 0 Å². The van der Waals surface area contributed by atoms with Gasteiger partial charge in [-0.15, -0.1) is 0 Å². The van der Waals surface area contributed by atoms with Gasteiger partial charge < -0.3 is 5.32 Å². The molecule has 1 heteroatoms. The molecule has 0 fully saturated rings. The maximum Gasteiger partial charge on any atom is 0.0648 e. The summed E-state index contributed by atoms with van der Waals surface area (Å²) in [5, 5.41) is 2.34. The summed E-state index contributed by atoms with van der Waals surface area (Å²) in [6, 6.07) is -6.17. The molecule has 14 heavy (non-hydrogen) atoms. The molecule has 1 nitrogen and oxygen atoms in total. The van der Waals surface area contributed by atoms with E-state index in [1.54, 1.807) is 0 Å². The number of rotatable bonds is 2. The average molecular weight is 195 g/mol. The van der Waals surface area contributed by atoms with E-state index in [4.69, 9.17) is 16.4 Å². The zero-order valence-corrected chi connectivity index (χ0v) is 7.00. The van der Waals surface area contributed by atoms with Crippen molar-refractivity contribution in [3.8, 4) is 0 Å². The molecule has 0 aliphatic carbocycles. The molecule has 0 amide bonds. The molecule has 2 aromatic rings. The van der Waals surface area contributed by atoms with E-state index in [-0.39, 0.29) is 0 Å². The lowest BCUT2D eigenvalue weighted by Crippen LogP contribution is -1.89. The summed E-state index contributed by atoms with van der Waals surface area (Å²) in [5.41, 5.74) is -1.73. The smallest absolute Gasteiger partial charge is 0.0648 e. The van der Waals surface area contributed by atoms with Crippen LogP contribution in [0.1, 0.15) is 22.0 Å². The van der Waals surface area contributed by atoms with Crippen molar-refractivity contribution < 1.29 is 16.4 Å². The normalized spacial score (nSPS) is 22.9.